The molecule has 0 aliphatic carbocycles. The van der Waals surface area contributed by atoms with E-state index in [9.17, 15) is 0 Å². The van der Waals surface area contributed by atoms with Gasteiger partial charge < -0.3 is 4.98 Å². The van der Waals surface area contributed by atoms with Gasteiger partial charge in [-0.15, -0.1) is 0 Å². The van der Waals surface area contributed by atoms with E-state index in [1.165, 1.54) is 31.6 Å². The predicted molar refractivity (Wildman–Crippen MR) is 70.9 cm³/mol. The Hall–Kier alpha value is -0.830. The summed E-state index contributed by atoms with van der Waals surface area (Å²) in [6.07, 6.45) is 2.73. The molecule has 0 amide bonds. The second-order valence-electron chi connectivity index (χ2n) is 5.78. The topological polar surface area (TPSA) is 31.9 Å². The monoisotopic (exact) mass is 235 g/mol. The second kappa shape index (κ2) is 5.21. The molecule has 1 aromatic heterocycles. The summed E-state index contributed by atoms with van der Waals surface area (Å²) in [6.45, 7) is 12.3. The van der Waals surface area contributed by atoms with Gasteiger partial charge in [0.05, 0.1) is 12.2 Å². The Labute approximate surface area is 105 Å². The van der Waals surface area contributed by atoms with Gasteiger partial charge in [0.2, 0.25) is 0 Å². The quantitative estimate of drug-likeness (QED) is 0.873. The number of H-pyrrole nitrogens is 1. The van der Waals surface area contributed by atoms with Crippen molar-refractivity contribution in [2.75, 3.05) is 13.1 Å². The van der Waals surface area contributed by atoms with Gasteiger partial charge in [0, 0.05) is 12.2 Å². The number of nitrogens with one attached hydrogen (secondary N) is 1. The van der Waals surface area contributed by atoms with Crippen molar-refractivity contribution in [2.45, 2.75) is 47.1 Å². The third-order valence-corrected chi connectivity index (χ3v) is 4.04. The molecule has 1 fully saturated rings. The fourth-order valence-corrected chi connectivity index (χ4v) is 2.69. The maximum absolute atomic E-state index is 4.58. The molecule has 3 nitrogen and oxygen atoms in total. The van der Waals surface area contributed by atoms with Crippen LogP contribution in [0.1, 0.15) is 43.9 Å². The molecule has 0 spiro atoms. The van der Waals surface area contributed by atoms with Gasteiger partial charge in [-0.2, -0.15) is 0 Å². The highest BCUT2D eigenvalue weighted by atomic mass is 15.2. The van der Waals surface area contributed by atoms with Crippen LogP contribution in [0.5, 0.6) is 0 Å². The Morgan fingerprint density at radius 3 is 2.76 bits per heavy atom. The molecule has 1 N–H and O–H groups in total. The predicted octanol–water partition coefficient (Wildman–Crippen LogP) is 2.89. The molecule has 3 heteroatoms. The van der Waals surface area contributed by atoms with Crippen molar-refractivity contribution in [2.24, 2.45) is 11.8 Å². The van der Waals surface area contributed by atoms with Gasteiger partial charge in [-0.3, -0.25) is 4.90 Å². The summed E-state index contributed by atoms with van der Waals surface area (Å²) in [5.41, 5.74) is 2.34. The van der Waals surface area contributed by atoms with Gasteiger partial charge in [0.1, 0.15) is 5.82 Å². The summed E-state index contributed by atoms with van der Waals surface area (Å²) < 4.78 is 0. The number of hydrogen-bond acceptors (Lipinski definition) is 2. The number of rotatable bonds is 3. The van der Waals surface area contributed by atoms with E-state index in [4.69, 9.17) is 0 Å². The zero-order chi connectivity index (χ0) is 12.4. The van der Waals surface area contributed by atoms with Crippen LogP contribution >= 0.6 is 0 Å². The molecular formula is C14H25N3. The van der Waals surface area contributed by atoms with E-state index in [1.807, 2.05) is 0 Å². The Morgan fingerprint density at radius 2 is 2.18 bits per heavy atom. The number of aromatic amines is 1. The maximum Gasteiger partial charge on any atom is 0.120 e. The second-order valence-corrected chi connectivity index (χ2v) is 5.78. The van der Waals surface area contributed by atoms with E-state index in [1.54, 1.807) is 0 Å². The Kier molecular flexibility index (Phi) is 3.87. The molecule has 1 aliphatic heterocycles. The van der Waals surface area contributed by atoms with Crippen LogP contribution in [0, 0.1) is 25.7 Å². The highest BCUT2D eigenvalue weighted by Crippen LogP contribution is 2.24. The fraction of sp³-hybridized carbons (Fsp3) is 0.786. The summed E-state index contributed by atoms with van der Waals surface area (Å²) in [4.78, 5) is 10.5. The molecule has 0 bridgehead atoms. The molecule has 1 saturated heterocycles. The molecule has 1 aromatic rings. The molecule has 96 valence electrons. The van der Waals surface area contributed by atoms with Gasteiger partial charge >= 0.3 is 0 Å². The van der Waals surface area contributed by atoms with E-state index in [0.717, 1.165) is 29.9 Å². The van der Waals surface area contributed by atoms with E-state index in [-0.39, 0.29) is 0 Å². The van der Waals surface area contributed by atoms with E-state index >= 15 is 0 Å². The molecule has 2 rings (SSSR count). The SMILES string of the molecule is Cc1nc(CN2CCC[C@H](C(C)C)C2)[nH]c1C. The minimum absolute atomic E-state index is 0.804. The number of aromatic nitrogens is 2. The maximum atomic E-state index is 4.58. The van der Waals surface area contributed by atoms with E-state index in [0.29, 0.717) is 0 Å². The molecule has 0 saturated carbocycles. The smallest absolute Gasteiger partial charge is 0.120 e. The molecule has 0 aromatic carbocycles. The van der Waals surface area contributed by atoms with Gasteiger partial charge in [-0.05, 0) is 45.1 Å². The highest BCUT2D eigenvalue weighted by molar-refractivity contribution is 5.10. The Morgan fingerprint density at radius 1 is 1.41 bits per heavy atom. The number of piperidine rings is 1. The minimum atomic E-state index is 0.804. The molecule has 1 atom stereocenters. The summed E-state index contributed by atoms with van der Waals surface area (Å²) in [5.74, 6) is 2.79. The lowest BCUT2D eigenvalue weighted by Gasteiger charge is -2.34. The van der Waals surface area contributed by atoms with Crippen molar-refractivity contribution >= 4 is 0 Å². The van der Waals surface area contributed by atoms with Gasteiger partial charge in [0.15, 0.2) is 0 Å². The van der Waals surface area contributed by atoms with E-state index < -0.39 is 0 Å². The van der Waals surface area contributed by atoms with Crippen LogP contribution in [0.3, 0.4) is 0 Å². The zero-order valence-electron chi connectivity index (χ0n) is 11.6. The fourth-order valence-electron chi connectivity index (χ4n) is 2.69. The first-order valence-corrected chi connectivity index (χ1v) is 6.80. The number of hydrogen-bond donors (Lipinski definition) is 1. The van der Waals surface area contributed by atoms with Crippen molar-refractivity contribution < 1.29 is 0 Å². The van der Waals surface area contributed by atoms with Crippen molar-refractivity contribution in [1.29, 1.82) is 0 Å². The lowest BCUT2D eigenvalue weighted by atomic mass is 9.88. The van der Waals surface area contributed by atoms with Crippen molar-refractivity contribution in [3.63, 3.8) is 0 Å². The van der Waals surface area contributed by atoms with Crippen LogP contribution in [0.15, 0.2) is 0 Å². The summed E-state index contributed by atoms with van der Waals surface area (Å²) in [7, 11) is 0. The number of nitrogens with zero attached hydrogens (tertiary/aromatic N) is 2. The lowest BCUT2D eigenvalue weighted by Crippen LogP contribution is -2.37. The number of aryl methyl sites for hydroxylation is 2. The third kappa shape index (κ3) is 3.09. The van der Waals surface area contributed by atoms with Gasteiger partial charge in [-0.25, -0.2) is 4.98 Å². The molecule has 2 heterocycles. The van der Waals surface area contributed by atoms with Crippen LogP contribution in [0.2, 0.25) is 0 Å². The first-order chi connectivity index (χ1) is 8.06. The largest absolute Gasteiger partial charge is 0.345 e. The first kappa shape index (κ1) is 12.6. The third-order valence-electron chi connectivity index (χ3n) is 4.04. The number of imidazole rings is 1. The molecular weight excluding hydrogens is 210 g/mol. The van der Waals surface area contributed by atoms with Crippen LogP contribution in [-0.4, -0.2) is 28.0 Å². The highest BCUT2D eigenvalue weighted by Gasteiger charge is 2.22. The van der Waals surface area contributed by atoms with Crippen LogP contribution in [0.25, 0.3) is 0 Å². The Bertz CT molecular complexity index is 348. The van der Waals surface area contributed by atoms with Crippen LogP contribution in [-0.2, 0) is 6.54 Å². The summed E-state index contributed by atoms with van der Waals surface area (Å²) >= 11 is 0. The number of likely N-dealkylation sites (tertiary alicyclic amines) is 1. The summed E-state index contributed by atoms with van der Waals surface area (Å²) in [6, 6.07) is 0. The molecule has 1 aliphatic rings. The van der Waals surface area contributed by atoms with Gasteiger partial charge in [0.25, 0.3) is 0 Å². The summed E-state index contributed by atoms with van der Waals surface area (Å²) in [5, 5.41) is 0. The van der Waals surface area contributed by atoms with Crippen LogP contribution in [0.4, 0.5) is 0 Å². The normalized spacial score (nSPS) is 22.3. The standard InChI is InChI=1S/C14H25N3/c1-10(2)13-6-5-7-17(8-13)9-14-15-11(3)12(4)16-14/h10,13H,5-9H2,1-4H3,(H,15,16)/t13-/m0/s1. The van der Waals surface area contributed by atoms with Crippen molar-refractivity contribution in [3.05, 3.63) is 17.2 Å². The minimum Gasteiger partial charge on any atom is -0.345 e. The van der Waals surface area contributed by atoms with Crippen LogP contribution < -0.4 is 0 Å². The van der Waals surface area contributed by atoms with E-state index in [2.05, 4.69) is 42.6 Å². The van der Waals surface area contributed by atoms with Crippen molar-refractivity contribution in [1.82, 2.24) is 14.9 Å². The molecule has 0 radical (unpaired) electrons. The average Bonchev–Trinajstić information content (AvgIpc) is 2.58. The Balaban J connectivity index is 1.94. The molecule has 0 unspecified atom stereocenters. The zero-order valence-corrected chi connectivity index (χ0v) is 11.6. The lowest BCUT2D eigenvalue weighted by molar-refractivity contribution is 0.137. The van der Waals surface area contributed by atoms with Gasteiger partial charge in [-0.1, -0.05) is 13.8 Å². The first-order valence-electron chi connectivity index (χ1n) is 6.80. The average molecular weight is 235 g/mol. The van der Waals surface area contributed by atoms with Crippen molar-refractivity contribution in [3.8, 4) is 0 Å². The molecule has 17 heavy (non-hydrogen) atoms.